The average molecular weight is 646 g/mol. The summed E-state index contributed by atoms with van der Waals surface area (Å²) in [5.74, 6) is 0.414. The van der Waals surface area contributed by atoms with Crippen LogP contribution in [0.15, 0.2) is 48.5 Å². The maximum Gasteiger partial charge on any atom is 0.314 e. The maximum atomic E-state index is 12.6. The van der Waals surface area contributed by atoms with Crippen molar-refractivity contribution in [2.45, 2.75) is 38.1 Å². The van der Waals surface area contributed by atoms with Gasteiger partial charge in [-0.1, -0.05) is 0 Å². The van der Waals surface area contributed by atoms with Gasteiger partial charge in [0.25, 0.3) is 0 Å². The molecule has 3 rings (SSSR count). The van der Waals surface area contributed by atoms with Crippen molar-refractivity contribution in [3.63, 3.8) is 0 Å². The number of carbonyl (C=O) groups excluding carboxylic acids is 2. The fourth-order valence-electron chi connectivity index (χ4n) is 3.70. The van der Waals surface area contributed by atoms with E-state index in [2.05, 4.69) is 0 Å². The van der Waals surface area contributed by atoms with E-state index < -0.39 is 19.0 Å². The highest BCUT2D eigenvalue weighted by molar-refractivity contribution is 14.1. The molecule has 2 aromatic rings. The number of halogens is 1. The van der Waals surface area contributed by atoms with Crippen LogP contribution in [-0.4, -0.2) is 66.3 Å². The number of benzene rings is 2. The second-order valence-electron chi connectivity index (χ2n) is 8.61. The number of aliphatic hydroxyl groups is 3. The second kappa shape index (κ2) is 15.8. The minimum atomic E-state index is -0.964. The number of rotatable bonds is 14. The standard InChI is InChI=1S/C26H31IO11/c27-38-24(14-29)35-16-34-21-7-11-23(12-8-21)37-26(32)18-3-1-17(2-4-18)25(31)36-22-9-5-20(6-10-22)33-15-19(30)13-28/h5-12,17-19,24,28-30H,1-4,13-16H2. The quantitative estimate of drug-likeness (QED) is 0.120. The topological polar surface area (TPSA) is 150 Å². The molecule has 0 saturated heterocycles. The zero-order valence-electron chi connectivity index (χ0n) is 20.6. The summed E-state index contributed by atoms with van der Waals surface area (Å²) in [6.07, 6.45) is 0.320. The highest BCUT2D eigenvalue weighted by Crippen LogP contribution is 2.32. The highest BCUT2D eigenvalue weighted by atomic mass is 127. The molecule has 12 heteroatoms. The van der Waals surface area contributed by atoms with Gasteiger partial charge in [0, 0.05) is 0 Å². The van der Waals surface area contributed by atoms with E-state index in [1.54, 1.807) is 71.5 Å². The van der Waals surface area contributed by atoms with Crippen molar-refractivity contribution in [3.05, 3.63) is 48.5 Å². The van der Waals surface area contributed by atoms with Crippen molar-refractivity contribution in [1.29, 1.82) is 0 Å². The van der Waals surface area contributed by atoms with E-state index in [9.17, 15) is 14.7 Å². The predicted molar refractivity (Wildman–Crippen MR) is 141 cm³/mol. The SMILES string of the molecule is O=C(Oc1ccc(OCOC(CO)OI)cc1)C1CCC(C(=O)Oc2ccc(OCC(O)CO)cc2)CC1. The molecule has 11 nitrogen and oxygen atoms in total. The molecule has 0 spiro atoms. The van der Waals surface area contributed by atoms with Gasteiger partial charge in [-0.15, -0.1) is 0 Å². The molecule has 208 valence electrons. The number of esters is 2. The van der Waals surface area contributed by atoms with E-state index >= 15 is 0 Å². The Morgan fingerprint density at radius 1 is 0.763 bits per heavy atom. The predicted octanol–water partition coefficient (Wildman–Crippen LogP) is 2.77. The van der Waals surface area contributed by atoms with Crippen LogP contribution >= 0.6 is 23.0 Å². The van der Waals surface area contributed by atoms with Crippen LogP contribution in [0, 0.1) is 11.8 Å². The Hall–Kier alpha value is -2.49. The molecule has 1 aliphatic rings. The van der Waals surface area contributed by atoms with Gasteiger partial charge < -0.3 is 39.0 Å². The van der Waals surface area contributed by atoms with Gasteiger partial charge in [0.2, 0.25) is 0 Å². The van der Waals surface area contributed by atoms with Crippen LogP contribution in [0.3, 0.4) is 0 Å². The van der Waals surface area contributed by atoms with E-state index in [-0.39, 0.29) is 43.8 Å². The summed E-state index contributed by atoms with van der Waals surface area (Å²) in [5.41, 5.74) is 0. The zero-order chi connectivity index (χ0) is 27.3. The Balaban J connectivity index is 1.38. The molecule has 38 heavy (non-hydrogen) atoms. The van der Waals surface area contributed by atoms with Crippen LogP contribution in [0.5, 0.6) is 23.0 Å². The molecule has 1 fully saturated rings. The van der Waals surface area contributed by atoms with E-state index in [1.807, 2.05) is 0 Å². The Bertz CT molecular complexity index is 987. The summed E-state index contributed by atoms with van der Waals surface area (Å²) >= 11 is 1.62. The van der Waals surface area contributed by atoms with Crippen LogP contribution in [-0.2, 0) is 17.4 Å². The second-order valence-corrected chi connectivity index (χ2v) is 9.12. The van der Waals surface area contributed by atoms with Gasteiger partial charge in [0.15, 0.2) is 13.1 Å². The van der Waals surface area contributed by atoms with Crippen LogP contribution in [0.25, 0.3) is 0 Å². The lowest BCUT2D eigenvalue weighted by Crippen LogP contribution is -2.30. The van der Waals surface area contributed by atoms with Gasteiger partial charge in [0.1, 0.15) is 58.7 Å². The van der Waals surface area contributed by atoms with Crippen molar-refractivity contribution < 1.29 is 51.7 Å². The monoisotopic (exact) mass is 646 g/mol. The van der Waals surface area contributed by atoms with Gasteiger partial charge in [-0.3, -0.25) is 12.7 Å². The molecule has 0 amide bonds. The molecule has 2 unspecified atom stereocenters. The van der Waals surface area contributed by atoms with Crippen LogP contribution in [0.2, 0.25) is 0 Å². The van der Waals surface area contributed by atoms with Gasteiger partial charge in [-0.05, 0) is 74.2 Å². The Morgan fingerprint density at radius 3 is 1.63 bits per heavy atom. The average Bonchev–Trinajstić information content (AvgIpc) is 2.95. The molecule has 1 saturated carbocycles. The molecule has 2 aromatic carbocycles. The van der Waals surface area contributed by atoms with Crippen LogP contribution < -0.4 is 18.9 Å². The lowest BCUT2D eigenvalue weighted by atomic mass is 9.82. The molecule has 2 atom stereocenters. The Labute approximate surface area is 234 Å². The normalized spacial score (nSPS) is 18.7. The maximum absolute atomic E-state index is 12.6. The minimum Gasteiger partial charge on any atom is -0.491 e. The first-order chi connectivity index (χ1) is 18.4. The minimum absolute atomic E-state index is 0.0436. The summed E-state index contributed by atoms with van der Waals surface area (Å²) in [4.78, 5) is 25.2. The molecule has 3 N–H and O–H groups in total. The molecule has 0 radical (unpaired) electrons. The summed E-state index contributed by atoms with van der Waals surface area (Å²) < 4.78 is 31.7. The zero-order valence-corrected chi connectivity index (χ0v) is 22.7. The van der Waals surface area contributed by atoms with E-state index in [1.165, 1.54) is 0 Å². The van der Waals surface area contributed by atoms with Crippen molar-refractivity contribution in [2.24, 2.45) is 11.8 Å². The Morgan fingerprint density at radius 2 is 1.21 bits per heavy atom. The van der Waals surface area contributed by atoms with E-state index in [0.717, 1.165) is 0 Å². The number of aliphatic hydroxyl groups excluding tert-OH is 3. The summed E-state index contributed by atoms with van der Waals surface area (Å²) in [5, 5.41) is 27.2. The molecular formula is C26H31IO11. The fourth-order valence-corrected chi connectivity index (χ4v) is 4.01. The molecule has 0 aliphatic heterocycles. The third-order valence-electron chi connectivity index (χ3n) is 5.86. The number of ether oxygens (including phenoxy) is 5. The molecule has 0 bridgehead atoms. The Kier molecular flexibility index (Phi) is 12.5. The first kappa shape index (κ1) is 30.1. The molecule has 1 aliphatic carbocycles. The van der Waals surface area contributed by atoms with Crippen LogP contribution in [0.4, 0.5) is 0 Å². The van der Waals surface area contributed by atoms with E-state index in [0.29, 0.717) is 48.7 Å². The van der Waals surface area contributed by atoms with Crippen molar-refractivity contribution in [3.8, 4) is 23.0 Å². The largest absolute Gasteiger partial charge is 0.491 e. The summed E-state index contributed by atoms with van der Waals surface area (Å²) in [6, 6.07) is 12.9. The van der Waals surface area contributed by atoms with Crippen molar-refractivity contribution in [1.82, 2.24) is 0 Å². The first-order valence-electron chi connectivity index (χ1n) is 12.1. The van der Waals surface area contributed by atoms with Gasteiger partial charge in [-0.2, -0.15) is 0 Å². The summed E-state index contributed by atoms with van der Waals surface area (Å²) in [7, 11) is 0. The number of carbonyl (C=O) groups is 2. The third-order valence-corrected chi connectivity index (χ3v) is 6.43. The van der Waals surface area contributed by atoms with Gasteiger partial charge in [-0.25, -0.2) is 0 Å². The highest BCUT2D eigenvalue weighted by Gasteiger charge is 2.32. The smallest absolute Gasteiger partial charge is 0.314 e. The van der Waals surface area contributed by atoms with Gasteiger partial charge in [0.05, 0.1) is 25.0 Å². The fraction of sp³-hybridized carbons (Fsp3) is 0.462. The number of hydrogen-bond acceptors (Lipinski definition) is 11. The van der Waals surface area contributed by atoms with Crippen LogP contribution in [0.1, 0.15) is 25.7 Å². The number of hydrogen-bond donors (Lipinski definition) is 3. The van der Waals surface area contributed by atoms with Crippen molar-refractivity contribution in [2.75, 3.05) is 26.6 Å². The molecule has 0 heterocycles. The molecular weight excluding hydrogens is 615 g/mol. The van der Waals surface area contributed by atoms with Crippen molar-refractivity contribution >= 4 is 34.9 Å². The third kappa shape index (κ3) is 9.67. The summed E-state index contributed by atoms with van der Waals surface area (Å²) in [6.45, 7) is -0.848. The van der Waals surface area contributed by atoms with Gasteiger partial charge >= 0.3 is 11.9 Å². The van der Waals surface area contributed by atoms with E-state index in [4.69, 9.17) is 37.0 Å². The lowest BCUT2D eigenvalue weighted by molar-refractivity contribution is -0.145. The first-order valence-corrected chi connectivity index (χ1v) is 13.0. The molecule has 0 aromatic heterocycles. The lowest BCUT2D eigenvalue weighted by Gasteiger charge is -2.25.